The summed E-state index contributed by atoms with van der Waals surface area (Å²) in [4.78, 5) is 2.28. The fraction of sp³-hybridized carbons (Fsp3) is 0.583. The molecule has 3 rings (SSSR count). The van der Waals surface area contributed by atoms with Gasteiger partial charge in [0.1, 0.15) is 18.5 Å². The predicted octanol–water partition coefficient (Wildman–Crippen LogP) is 3.62. The molecule has 2 aromatic rings. The van der Waals surface area contributed by atoms with Crippen molar-refractivity contribution >= 4 is 0 Å². The summed E-state index contributed by atoms with van der Waals surface area (Å²) >= 11 is 0. The van der Waals surface area contributed by atoms with Crippen molar-refractivity contribution in [1.82, 2.24) is 10.2 Å². The van der Waals surface area contributed by atoms with Crippen LogP contribution in [0.4, 0.5) is 0 Å². The van der Waals surface area contributed by atoms with E-state index in [9.17, 15) is 5.11 Å². The van der Waals surface area contributed by atoms with Gasteiger partial charge in [-0.1, -0.05) is 25.3 Å². The second-order valence-electron chi connectivity index (χ2n) is 8.19. The molecule has 2 N–H and O–H groups in total. The lowest BCUT2D eigenvalue weighted by atomic mass is 9.94. The van der Waals surface area contributed by atoms with Gasteiger partial charge in [-0.05, 0) is 49.7 Å². The fourth-order valence-corrected chi connectivity index (χ4v) is 4.08. The molecule has 1 fully saturated rings. The van der Waals surface area contributed by atoms with Gasteiger partial charge in [-0.3, -0.25) is 0 Å². The van der Waals surface area contributed by atoms with E-state index >= 15 is 0 Å². The van der Waals surface area contributed by atoms with Crippen LogP contribution >= 0.6 is 0 Å². The quantitative estimate of drug-likeness (QED) is 0.515. The number of benzene rings is 1. The van der Waals surface area contributed by atoms with Gasteiger partial charge < -0.3 is 29.2 Å². The summed E-state index contributed by atoms with van der Waals surface area (Å²) in [5.41, 5.74) is 1.12. The minimum absolute atomic E-state index is 0.258. The van der Waals surface area contributed by atoms with E-state index in [2.05, 4.69) is 17.3 Å². The minimum atomic E-state index is -0.524. The average molecular weight is 417 g/mol. The van der Waals surface area contributed by atoms with E-state index in [4.69, 9.17) is 13.9 Å². The van der Waals surface area contributed by atoms with E-state index in [-0.39, 0.29) is 6.61 Å². The Labute approximate surface area is 180 Å². The smallest absolute Gasteiger partial charge is 0.161 e. The molecular weight excluding hydrogens is 380 g/mol. The number of aliphatic hydroxyl groups excluding tert-OH is 1. The van der Waals surface area contributed by atoms with Crippen LogP contribution in [0.25, 0.3) is 0 Å². The first-order valence-electron chi connectivity index (χ1n) is 11.1. The third-order valence-corrected chi connectivity index (χ3v) is 5.81. The molecule has 30 heavy (non-hydrogen) atoms. The van der Waals surface area contributed by atoms with E-state index < -0.39 is 6.10 Å². The summed E-state index contributed by atoms with van der Waals surface area (Å²) in [7, 11) is 3.75. The van der Waals surface area contributed by atoms with Crippen molar-refractivity contribution in [3.8, 4) is 11.5 Å². The number of methoxy groups -OCH3 is 1. The lowest BCUT2D eigenvalue weighted by Crippen LogP contribution is -2.40. The minimum Gasteiger partial charge on any atom is -0.493 e. The lowest BCUT2D eigenvalue weighted by Gasteiger charge is -2.32. The normalized spacial score (nSPS) is 16.0. The first-order chi connectivity index (χ1) is 14.7. The summed E-state index contributed by atoms with van der Waals surface area (Å²) in [5.74, 6) is 2.33. The Hall–Kier alpha value is -2.02. The summed E-state index contributed by atoms with van der Waals surface area (Å²) < 4.78 is 16.7. The number of likely N-dealkylation sites (N-methyl/N-ethyl adjacent to an activating group) is 1. The highest BCUT2D eigenvalue weighted by molar-refractivity contribution is 5.43. The molecule has 0 radical (unpaired) electrons. The SMILES string of the molecule is COc1cc(CNCCc2ccco2)ccc1OCC(O)CN(C)C1CCCCC1. The van der Waals surface area contributed by atoms with Crippen LogP contribution in [-0.4, -0.2) is 56.0 Å². The number of nitrogens with zero attached hydrogens (tertiary/aromatic N) is 1. The summed E-state index contributed by atoms with van der Waals surface area (Å²) in [6, 6.07) is 10.4. The van der Waals surface area contributed by atoms with Crippen LogP contribution in [0.15, 0.2) is 41.0 Å². The zero-order valence-electron chi connectivity index (χ0n) is 18.3. The van der Waals surface area contributed by atoms with E-state index in [0.29, 0.717) is 24.1 Å². The van der Waals surface area contributed by atoms with Gasteiger partial charge in [0, 0.05) is 32.1 Å². The van der Waals surface area contributed by atoms with Crippen LogP contribution in [0.2, 0.25) is 0 Å². The first kappa shape index (κ1) is 22.7. The summed E-state index contributed by atoms with van der Waals surface area (Å²) in [6.45, 7) is 2.47. The van der Waals surface area contributed by atoms with Crippen molar-refractivity contribution < 1.29 is 19.0 Å². The molecule has 0 saturated heterocycles. The zero-order valence-corrected chi connectivity index (χ0v) is 18.3. The Bertz CT molecular complexity index is 729. The highest BCUT2D eigenvalue weighted by Gasteiger charge is 2.20. The second kappa shape index (κ2) is 12.0. The number of rotatable bonds is 12. The number of hydrogen-bond donors (Lipinski definition) is 2. The maximum atomic E-state index is 10.4. The van der Waals surface area contributed by atoms with Crippen molar-refractivity contribution in [2.45, 2.75) is 57.2 Å². The summed E-state index contributed by atoms with van der Waals surface area (Å²) in [6.07, 6.45) is 8.42. The van der Waals surface area contributed by atoms with Gasteiger partial charge in [0.15, 0.2) is 11.5 Å². The Kier molecular flexibility index (Phi) is 9.05. The molecule has 1 saturated carbocycles. The van der Waals surface area contributed by atoms with Crippen LogP contribution in [0.3, 0.4) is 0 Å². The van der Waals surface area contributed by atoms with Crippen molar-refractivity contribution in [3.05, 3.63) is 47.9 Å². The molecule has 0 amide bonds. The van der Waals surface area contributed by atoms with Gasteiger partial charge in [0.2, 0.25) is 0 Å². The molecule has 0 spiro atoms. The zero-order chi connectivity index (χ0) is 21.2. The van der Waals surface area contributed by atoms with Crippen LogP contribution in [0.1, 0.15) is 43.4 Å². The third-order valence-electron chi connectivity index (χ3n) is 5.81. The van der Waals surface area contributed by atoms with E-state index in [1.54, 1.807) is 13.4 Å². The number of furan rings is 1. The van der Waals surface area contributed by atoms with Gasteiger partial charge in [-0.2, -0.15) is 0 Å². The Morgan fingerprint density at radius 3 is 2.77 bits per heavy atom. The lowest BCUT2D eigenvalue weighted by molar-refractivity contribution is 0.0553. The van der Waals surface area contributed by atoms with Crippen LogP contribution in [-0.2, 0) is 13.0 Å². The topological polar surface area (TPSA) is 67.1 Å². The molecule has 1 aromatic carbocycles. The molecule has 0 bridgehead atoms. The second-order valence-corrected chi connectivity index (χ2v) is 8.19. The molecule has 1 atom stereocenters. The monoisotopic (exact) mass is 416 g/mol. The molecule has 6 nitrogen and oxygen atoms in total. The fourth-order valence-electron chi connectivity index (χ4n) is 4.08. The first-order valence-corrected chi connectivity index (χ1v) is 11.1. The largest absolute Gasteiger partial charge is 0.493 e. The number of nitrogens with one attached hydrogen (secondary N) is 1. The number of aliphatic hydroxyl groups is 1. The third kappa shape index (κ3) is 7.04. The van der Waals surface area contributed by atoms with Crippen molar-refractivity contribution in [1.29, 1.82) is 0 Å². The van der Waals surface area contributed by atoms with Gasteiger partial charge >= 0.3 is 0 Å². The number of ether oxygens (including phenoxy) is 2. The molecule has 1 heterocycles. The van der Waals surface area contributed by atoms with Gasteiger partial charge in [0.05, 0.1) is 13.4 Å². The maximum absolute atomic E-state index is 10.4. The molecule has 1 aliphatic carbocycles. The molecular formula is C24H36N2O4. The van der Waals surface area contributed by atoms with E-state index in [1.807, 2.05) is 30.3 Å². The average Bonchev–Trinajstić information content (AvgIpc) is 3.29. The molecule has 166 valence electrons. The summed E-state index contributed by atoms with van der Waals surface area (Å²) in [5, 5.41) is 13.8. The van der Waals surface area contributed by atoms with Crippen molar-refractivity contribution in [2.75, 3.05) is 33.9 Å². The molecule has 0 aliphatic heterocycles. The van der Waals surface area contributed by atoms with E-state index in [1.165, 1.54) is 32.1 Å². The maximum Gasteiger partial charge on any atom is 0.161 e. The molecule has 1 aliphatic rings. The number of hydrogen-bond acceptors (Lipinski definition) is 6. The Balaban J connectivity index is 1.42. The van der Waals surface area contributed by atoms with Gasteiger partial charge in [0.25, 0.3) is 0 Å². The van der Waals surface area contributed by atoms with Gasteiger partial charge in [-0.15, -0.1) is 0 Å². The molecule has 1 unspecified atom stereocenters. The van der Waals surface area contributed by atoms with E-state index in [0.717, 1.165) is 30.8 Å². The predicted molar refractivity (Wildman–Crippen MR) is 118 cm³/mol. The van der Waals surface area contributed by atoms with Crippen molar-refractivity contribution in [3.63, 3.8) is 0 Å². The highest BCUT2D eigenvalue weighted by atomic mass is 16.5. The van der Waals surface area contributed by atoms with Crippen LogP contribution in [0.5, 0.6) is 11.5 Å². The van der Waals surface area contributed by atoms with Crippen LogP contribution in [0, 0.1) is 0 Å². The standard InChI is InChI=1S/C24H36N2O4/c1-26(20-7-4-3-5-8-20)17-21(27)18-30-23-11-10-19(15-24(23)28-2)16-25-13-12-22-9-6-14-29-22/h6,9-11,14-15,20-21,25,27H,3-5,7-8,12-13,16-18H2,1-2H3. The molecule has 6 heteroatoms. The highest BCUT2D eigenvalue weighted by Crippen LogP contribution is 2.28. The Morgan fingerprint density at radius 1 is 1.20 bits per heavy atom. The van der Waals surface area contributed by atoms with Crippen molar-refractivity contribution in [2.24, 2.45) is 0 Å². The van der Waals surface area contributed by atoms with Gasteiger partial charge in [-0.25, -0.2) is 0 Å². The molecule has 1 aromatic heterocycles. The van der Waals surface area contributed by atoms with Crippen LogP contribution < -0.4 is 14.8 Å². The Morgan fingerprint density at radius 2 is 2.03 bits per heavy atom.